The Kier molecular flexibility index (Phi) is 4.71. The van der Waals surface area contributed by atoms with Gasteiger partial charge in [-0.25, -0.2) is 9.97 Å². The SMILES string of the molecule is Cc1c(C(=O)NC2CCCC2)sc2ncnc(NCc3ccc4c(c3)OCO4)c12. The molecule has 0 spiro atoms. The Bertz CT molecular complexity index is 1080. The topological polar surface area (TPSA) is 85.4 Å². The normalized spacial score (nSPS) is 15.8. The van der Waals surface area contributed by atoms with Crippen LogP contribution < -0.4 is 20.1 Å². The molecule has 1 fully saturated rings. The minimum atomic E-state index is -0.000814. The molecule has 150 valence electrons. The molecule has 1 saturated carbocycles. The van der Waals surface area contributed by atoms with Crippen molar-refractivity contribution in [1.29, 1.82) is 0 Å². The zero-order chi connectivity index (χ0) is 19.8. The summed E-state index contributed by atoms with van der Waals surface area (Å²) in [5.74, 6) is 2.26. The number of fused-ring (bicyclic) bond motifs is 2. The zero-order valence-electron chi connectivity index (χ0n) is 16.2. The Hall–Kier alpha value is -2.87. The number of hydrogen-bond donors (Lipinski definition) is 2. The van der Waals surface area contributed by atoms with Crippen LogP contribution >= 0.6 is 11.3 Å². The van der Waals surface area contributed by atoms with E-state index in [0.717, 1.165) is 56.4 Å². The van der Waals surface area contributed by atoms with Crippen LogP contribution in [0.4, 0.5) is 5.82 Å². The second-order valence-electron chi connectivity index (χ2n) is 7.45. The molecule has 1 aliphatic carbocycles. The zero-order valence-corrected chi connectivity index (χ0v) is 17.0. The number of nitrogens with zero attached hydrogens (tertiary/aromatic N) is 2. The second-order valence-corrected chi connectivity index (χ2v) is 8.45. The molecule has 0 radical (unpaired) electrons. The van der Waals surface area contributed by atoms with Crippen molar-refractivity contribution in [2.24, 2.45) is 0 Å². The van der Waals surface area contributed by atoms with Gasteiger partial charge in [-0.2, -0.15) is 0 Å². The number of carbonyl (C=O) groups excluding carboxylic acids is 1. The van der Waals surface area contributed by atoms with E-state index in [1.54, 1.807) is 6.33 Å². The molecule has 0 bridgehead atoms. The highest BCUT2D eigenvalue weighted by Crippen LogP contribution is 2.35. The van der Waals surface area contributed by atoms with Crippen LogP contribution in [0.3, 0.4) is 0 Å². The van der Waals surface area contributed by atoms with Gasteiger partial charge in [0, 0.05) is 12.6 Å². The van der Waals surface area contributed by atoms with Gasteiger partial charge in [0.15, 0.2) is 11.5 Å². The highest BCUT2D eigenvalue weighted by molar-refractivity contribution is 7.20. The lowest BCUT2D eigenvalue weighted by molar-refractivity contribution is 0.0941. The fraction of sp³-hybridized carbons (Fsp3) is 0.381. The number of thiophene rings is 1. The summed E-state index contributed by atoms with van der Waals surface area (Å²) in [6, 6.07) is 6.17. The molecule has 7 nitrogen and oxygen atoms in total. The minimum absolute atomic E-state index is 0.000814. The van der Waals surface area contributed by atoms with E-state index in [1.165, 1.54) is 24.2 Å². The van der Waals surface area contributed by atoms with Crippen LogP contribution in [0.2, 0.25) is 0 Å². The van der Waals surface area contributed by atoms with Crippen molar-refractivity contribution < 1.29 is 14.3 Å². The lowest BCUT2D eigenvalue weighted by atomic mass is 10.1. The third-order valence-electron chi connectivity index (χ3n) is 5.52. The molecular formula is C21H22N4O3S. The largest absolute Gasteiger partial charge is 0.454 e. The van der Waals surface area contributed by atoms with Gasteiger partial charge in [0.1, 0.15) is 17.0 Å². The van der Waals surface area contributed by atoms with Crippen LogP contribution in [-0.4, -0.2) is 28.7 Å². The summed E-state index contributed by atoms with van der Waals surface area (Å²) in [5.41, 5.74) is 1.99. The Morgan fingerprint density at radius 3 is 2.90 bits per heavy atom. The molecule has 29 heavy (non-hydrogen) atoms. The summed E-state index contributed by atoms with van der Waals surface area (Å²) in [6.07, 6.45) is 6.06. The first-order valence-electron chi connectivity index (χ1n) is 9.86. The number of ether oxygens (including phenoxy) is 2. The van der Waals surface area contributed by atoms with Gasteiger partial charge in [-0.3, -0.25) is 4.79 Å². The molecule has 1 aromatic carbocycles. The highest BCUT2D eigenvalue weighted by Gasteiger charge is 2.23. The van der Waals surface area contributed by atoms with Gasteiger partial charge in [0.2, 0.25) is 6.79 Å². The van der Waals surface area contributed by atoms with Crippen molar-refractivity contribution >= 4 is 33.3 Å². The monoisotopic (exact) mass is 410 g/mol. The second kappa shape index (κ2) is 7.51. The summed E-state index contributed by atoms with van der Waals surface area (Å²) in [7, 11) is 0. The van der Waals surface area contributed by atoms with E-state index < -0.39 is 0 Å². The molecule has 8 heteroatoms. The maximum atomic E-state index is 12.8. The predicted molar refractivity (Wildman–Crippen MR) is 112 cm³/mol. The first kappa shape index (κ1) is 18.2. The van der Waals surface area contributed by atoms with Gasteiger partial charge < -0.3 is 20.1 Å². The molecule has 3 aromatic rings. The molecule has 2 aromatic heterocycles. The van der Waals surface area contributed by atoms with Crippen LogP contribution in [0.5, 0.6) is 11.5 Å². The van der Waals surface area contributed by atoms with Crippen LogP contribution in [0.25, 0.3) is 10.2 Å². The first-order valence-corrected chi connectivity index (χ1v) is 10.7. The van der Waals surface area contributed by atoms with Crippen LogP contribution in [0.15, 0.2) is 24.5 Å². The third-order valence-corrected chi connectivity index (χ3v) is 6.72. The van der Waals surface area contributed by atoms with Crippen molar-refractivity contribution in [3.05, 3.63) is 40.5 Å². The number of carbonyl (C=O) groups is 1. The number of rotatable bonds is 5. The highest BCUT2D eigenvalue weighted by atomic mass is 32.1. The van der Waals surface area contributed by atoms with E-state index in [2.05, 4.69) is 20.6 Å². The van der Waals surface area contributed by atoms with Crippen molar-refractivity contribution in [2.75, 3.05) is 12.1 Å². The lowest BCUT2D eigenvalue weighted by Gasteiger charge is -2.11. The lowest BCUT2D eigenvalue weighted by Crippen LogP contribution is -2.32. The summed E-state index contributed by atoms with van der Waals surface area (Å²) in [5, 5.41) is 7.48. The van der Waals surface area contributed by atoms with Crippen LogP contribution in [-0.2, 0) is 6.54 Å². The third kappa shape index (κ3) is 3.48. The molecule has 5 rings (SSSR count). The molecule has 0 saturated heterocycles. The van der Waals surface area contributed by atoms with E-state index in [4.69, 9.17) is 9.47 Å². The van der Waals surface area contributed by atoms with E-state index in [9.17, 15) is 4.79 Å². The summed E-state index contributed by atoms with van der Waals surface area (Å²) in [4.78, 5) is 23.2. The van der Waals surface area contributed by atoms with Crippen molar-refractivity contribution in [1.82, 2.24) is 15.3 Å². The van der Waals surface area contributed by atoms with Gasteiger partial charge in [0.25, 0.3) is 5.91 Å². The number of amides is 1. The van der Waals surface area contributed by atoms with Gasteiger partial charge in [-0.15, -0.1) is 11.3 Å². The van der Waals surface area contributed by atoms with Crippen LogP contribution in [0.1, 0.15) is 46.5 Å². The first-order chi connectivity index (χ1) is 14.2. The van der Waals surface area contributed by atoms with E-state index >= 15 is 0 Å². The number of aromatic nitrogens is 2. The fourth-order valence-corrected chi connectivity index (χ4v) is 5.03. The van der Waals surface area contributed by atoms with Crippen molar-refractivity contribution in [2.45, 2.75) is 45.2 Å². The van der Waals surface area contributed by atoms with Gasteiger partial charge in [-0.1, -0.05) is 18.9 Å². The average Bonchev–Trinajstić information content (AvgIpc) is 3.46. The number of aryl methyl sites for hydroxylation is 1. The molecule has 2 aliphatic rings. The number of nitrogens with one attached hydrogen (secondary N) is 2. The number of hydrogen-bond acceptors (Lipinski definition) is 7. The maximum Gasteiger partial charge on any atom is 0.261 e. The van der Waals surface area contributed by atoms with E-state index in [-0.39, 0.29) is 12.7 Å². The minimum Gasteiger partial charge on any atom is -0.454 e. The smallest absolute Gasteiger partial charge is 0.261 e. The molecule has 3 heterocycles. The molecule has 2 N–H and O–H groups in total. The van der Waals surface area contributed by atoms with Crippen molar-refractivity contribution in [3.63, 3.8) is 0 Å². The van der Waals surface area contributed by atoms with Crippen LogP contribution in [0, 0.1) is 6.92 Å². The molecular weight excluding hydrogens is 388 g/mol. The summed E-state index contributed by atoms with van der Waals surface area (Å²) >= 11 is 1.43. The molecule has 1 aliphatic heterocycles. The molecule has 1 amide bonds. The summed E-state index contributed by atoms with van der Waals surface area (Å²) < 4.78 is 10.8. The van der Waals surface area contributed by atoms with Gasteiger partial charge >= 0.3 is 0 Å². The van der Waals surface area contributed by atoms with E-state index in [0.29, 0.717) is 12.6 Å². The Labute approximate surface area is 172 Å². The standard InChI is InChI=1S/C21H22N4O3S/c1-12-17-19(22-9-13-6-7-15-16(8-13)28-11-27-15)23-10-24-21(17)29-18(12)20(26)25-14-4-2-3-5-14/h6-8,10,14H,2-5,9,11H2,1H3,(H,25,26)(H,22,23,24). The summed E-state index contributed by atoms with van der Waals surface area (Å²) in [6.45, 7) is 2.82. The quantitative estimate of drug-likeness (QED) is 0.661. The Morgan fingerprint density at radius 2 is 2.03 bits per heavy atom. The number of anilines is 1. The average molecular weight is 410 g/mol. The van der Waals surface area contributed by atoms with Gasteiger partial charge in [0.05, 0.1) is 10.3 Å². The molecule has 0 atom stereocenters. The van der Waals surface area contributed by atoms with E-state index in [1.807, 2.05) is 25.1 Å². The Morgan fingerprint density at radius 1 is 1.21 bits per heavy atom. The van der Waals surface area contributed by atoms with Gasteiger partial charge in [-0.05, 0) is 43.0 Å². The number of benzene rings is 1. The fourth-order valence-electron chi connectivity index (χ4n) is 3.98. The molecule has 0 unspecified atom stereocenters. The van der Waals surface area contributed by atoms with Crippen molar-refractivity contribution in [3.8, 4) is 11.5 Å². The maximum absolute atomic E-state index is 12.8. The Balaban J connectivity index is 1.38. The predicted octanol–water partition coefficient (Wildman–Crippen LogP) is 4.01.